The zero-order chi connectivity index (χ0) is 14.8. The van der Waals surface area contributed by atoms with E-state index in [0.29, 0.717) is 0 Å². The fraction of sp³-hybridized carbons (Fsp3) is 1.00. The van der Waals surface area contributed by atoms with Crippen LogP contribution in [0.25, 0.3) is 0 Å². The van der Waals surface area contributed by atoms with E-state index in [1.807, 2.05) is 0 Å². The summed E-state index contributed by atoms with van der Waals surface area (Å²) in [4.78, 5) is 0. The van der Waals surface area contributed by atoms with Gasteiger partial charge >= 0.3 is 0 Å². The minimum atomic E-state index is 0. The molecule has 0 unspecified atom stereocenters. The molecule has 0 aliphatic heterocycles. The summed E-state index contributed by atoms with van der Waals surface area (Å²) in [5.41, 5.74) is 0. The van der Waals surface area contributed by atoms with Gasteiger partial charge in [0.15, 0.2) is 0 Å². The SMILES string of the molecule is CC[N+](CC)(CC)CCOCC[N+](CC)(CC)CC.[Br-].[Br-]. The van der Waals surface area contributed by atoms with Gasteiger partial charge in [-0.25, -0.2) is 0 Å². The van der Waals surface area contributed by atoms with Crippen molar-refractivity contribution in [2.24, 2.45) is 0 Å². The van der Waals surface area contributed by atoms with E-state index in [4.69, 9.17) is 4.74 Å². The van der Waals surface area contributed by atoms with Crippen LogP contribution in [0.2, 0.25) is 0 Å². The molecular weight excluding hydrogens is 396 g/mol. The summed E-state index contributed by atoms with van der Waals surface area (Å²) in [7, 11) is 0. The molecule has 0 aliphatic rings. The molecule has 5 heteroatoms. The lowest BCUT2D eigenvalue weighted by Gasteiger charge is -2.37. The normalized spacial score (nSPS) is 11.7. The van der Waals surface area contributed by atoms with Crippen LogP contribution in [-0.2, 0) is 4.74 Å². The summed E-state index contributed by atoms with van der Waals surface area (Å²) in [5.74, 6) is 0. The molecule has 0 N–H and O–H groups in total. The number of quaternary nitrogens is 2. The molecule has 132 valence electrons. The molecule has 0 aromatic heterocycles. The summed E-state index contributed by atoms with van der Waals surface area (Å²) >= 11 is 0. The Morgan fingerprint density at radius 1 is 0.524 bits per heavy atom. The molecule has 0 spiro atoms. The van der Waals surface area contributed by atoms with E-state index >= 15 is 0 Å². The maximum atomic E-state index is 5.92. The Kier molecular flexibility index (Phi) is 18.4. The Hall–Kier alpha value is 0.840. The van der Waals surface area contributed by atoms with Crippen molar-refractivity contribution >= 4 is 0 Å². The third-order valence-electron chi connectivity index (χ3n) is 5.44. The smallest absolute Gasteiger partial charge is 0.102 e. The second-order valence-corrected chi connectivity index (χ2v) is 5.64. The van der Waals surface area contributed by atoms with Crippen molar-refractivity contribution in [3.05, 3.63) is 0 Å². The Balaban J connectivity index is -0.00000162. The van der Waals surface area contributed by atoms with Crippen molar-refractivity contribution in [2.45, 2.75) is 41.5 Å². The van der Waals surface area contributed by atoms with Gasteiger partial charge in [-0.2, -0.15) is 0 Å². The lowest BCUT2D eigenvalue weighted by atomic mass is 10.3. The molecule has 3 nitrogen and oxygen atoms in total. The number of hydrogen-bond acceptors (Lipinski definition) is 1. The van der Waals surface area contributed by atoms with Crippen molar-refractivity contribution in [1.29, 1.82) is 0 Å². The monoisotopic (exact) mass is 432 g/mol. The van der Waals surface area contributed by atoms with Gasteiger partial charge in [-0.3, -0.25) is 0 Å². The van der Waals surface area contributed by atoms with Gasteiger partial charge in [0.1, 0.15) is 13.1 Å². The highest BCUT2D eigenvalue weighted by Crippen LogP contribution is 2.07. The Labute approximate surface area is 154 Å². The molecule has 0 rings (SSSR count). The highest BCUT2D eigenvalue weighted by molar-refractivity contribution is 4.41. The van der Waals surface area contributed by atoms with Crippen LogP contribution in [0.4, 0.5) is 0 Å². The number of likely N-dealkylation sites (N-methyl/N-ethyl adjacent to an activating group) is 2. The molecule has 0 bridgehead atoms. The van der Waals surface area contributed by atoms with Gasteiger partial charge in [0.05, 0.1) is 52.5 Å². The predicted molar refractivity (Wildman–Crippen MR) is 84.3 cm³/mol. The van der Waals surface area contributed by atoms with Crippen molar-refractivity contribution in [3.63, 3.8) is 0 Å². The van der Waals surface area contributed by atoms with Gasteiger partial charge < -0.3 is 47.7 Å². The molecule has 0 saturated carbocycles. The van der Waals surface area contributed by atoms with Gasteiger partial charge in [-0.15, -0.1) is 0 Å². The van der Waals surface area contributed by atoms with Crippen LogP contribution in [0.1, 0.15) is 41.5 Å². The second-order valence-electron chi connectivity index (χ2n) is 5.64. The standard InChI is InChI=1S/C16H38N2O.2BrH/c1-7-17(8-2,9-3)13-15-19-16-14-18(10-4,11-5)12-6;;/h7-16H2,1-6H3;2*1H/q+2;;/p-2. The minimum absolute atomic E-state index is 0. The van der Waals surface area contributed by atoms with Crippen molar-refractivity contribution in [3.8, 4) is 0 Å². The van der Waals surface area contributed by atoms with E-state index in [1.165, 1.54) is 48.2 Å². The van der Waals surface area contributed by atoms with Crippen LogP contribution in [0.15, 0.2) is 0 Å². The first-order valence-corrected chi connectivity index (χ1v) is 8.35. The van der Waals surface area contributed by atoms with Gasteiger partial charge in [0, 0.05) is 0 Å². The van der Waals surface area contributed by atoms with Crippen LogP contribution in [0.3, 0.4) is 0 Å². The Morgan fingerprint density at radius 3 is 0.952 bits per heavy atom. The van der Waals surface area contributed by atoms with Crippen LogP contribution in [0.5, 0.6) is 0 Å². The first kappa shape index (κ1) is 26.7. The molecular formula is C16H38Br2N2O. The maximum Gasteiger partial charge on any atom is 0.102 e. The minimum Gasteiger partial charge on any atom is -1.00 e. The lowest BCUT2D eigenvalue weighted by Crippen LogP contribution is -3.00. The first-order chi connectivity index (χ1) is 9.07. The maximum absolute atomic E-state index is 5.92. The van der Waals surface area contributed by atoms with Gasteiger partial charge in [0.25, 0.3) is 0 Å². The fourth-order valence-corrected chi connectivity index (χ4v) is 2.91. The van der Waals surface area contributed by atoms with E-state index in [-0.39, 0.29) is 34.0 Å². The number of hydrogen-bond donors (Lipinski definition) is 0. The molecule has 0 aliphatic carbocycles. The van der Waals surface area contributed by atoms with Crippen LogP contribution in [0, 0.1) is 0 Å². The lowest BCUT2D eigenvalue weighted by molar-refractivity contribution is -0.926. The van der Waals surface area contributed by atoms with Gasteiger partial charge in [-0.1, -0.05) is 0 Å². The number of ether oxygens (including phenoxy) is 1. The third-order valence-corrected chi connectivity index (χ3v) is 5.44. The predicted octanol–water partition coefficient (Wildman–Crippen LogP) is -3.24. The molecule has 0 amide bonds. The summed E-state index contributed by atoms with van der Waals surface area (Å²) in [6, 6.07) is 0. The van der Waals surface area contributed by atoms with Crippen LogP contribution in [-0.4, -0.2) is 74.5 Å². The first-order valence-electron chi connectivity index (χ1n) is 8.35. The molecule has 0 fully saturated rings. The summed E-state index contributed by atoms with van der Waals surface area (Å²) in [5, 5.41) is 0. The largest absolute Gasteiger partial charge is 1.00 e. The molecule has 21 heavy (non-hydrogen) atoms. The number of rotatable bonds is 12. The molecule has 0 saturated heterocycles. The summed E-state index contributed by atoms with van der Waals surface area (Å²) in [6.45, 7) is 25.2. The van der Waals surface area contributed by atoms with E-state index < -0.39 is 0 Å². The zero-order valence-corrected chi connectivity index (χ0v) is 18.3. The highest BCUT2D eigenvalue weighted by atomic mass is 79.9. The molecule has 0 aromatic rings. The Bertz CT molecular complexity index is 182. The van der Waals surface area contributed by atoms with Gasteiger partial charge in [-0.05, 0) is 41.5 Å². The average molecular weight is 434 g/mol. The summed E-state index contributed by atoms with van der Waals surface area (Å²) in [6.07, 6.45) is 0. The highest BCUT2D eigenvalue weighted by Gasteiger charge is 2.22. The average Bonchev–Trinajstić information content (AvgIpc) is 2.48. The molecule has 0 radical (unpaired) electrons. The van der Waals surface area contributed by atoms with E-state index in [2.05, 4.69) is 41.5 Å². The third kappa shape index (κ3) is 8.89. The van der Waals surface area contributed by atoms with Crippen LogP contribution < -0.4 is 34.0 Å². The van der Waals surface area contributed by atoms with Crippen molar-refractivity contribution in [1.82, 2.24) is 0 Å². The zero-order valence-electron chi connectivity index (χ0n) is 15.1. The quantitative estimate of drug-likeness (QED) is 0.232. The molecule has 0 heterocycles. The van der Waals surface area contributed by atoms with E-state index in [1.54, 1.807) is 0 Å². The fourth-order valence-electron chi connectivity index (χ4n) is 2.91. The number of halogens is 2. The van der Waals surface area contributed by atoms with E-state index in [9.17, 15) is 0 Å². The van der Waals surface area contributed by atoms with E-state index in [0.717, 1.165) is 26.3 Å². The number of nitrogens with zero attached hydrogens (tertiary/aromatic N) is 2. The molecule has 0 atom stereocenters. The summed E-state index contributed by atoms with van der Waals surface area (Å²) < 4.78 is 8.30. The van der Waals surface area contributed by atoms with Crippen molar-refractivity contribution in [2.75, 3.05) is 65.6 Å². The topological polar surface area (TPSA) is 9.23 Å². The van der Waals surface area contributed by atoms with Crippen LogP contribution >= 0.6 is 0 Å². The Morgan fingerprint density at radius 2 is 0.762 bits per heavy atom. The van der Waals surface area contributed by atoms with Gasteiger partial charge in [0.2, 0.25) is 0 Å². The van der Waals surface area contributed by atoms with Crippen molar-refractivity contribution < 1.29 is 47.7 Å². The second kappa shape index (κ2) is 14.4. The molecule has 0 aromatic carbocycles.